The standard InChI is InChI=1S/C21H20N2O5S2/c24-21(23-13-15-6-5-11-22-12-15)17-9-4-10-18-20(17)19(14-29(18,25)26)30(27,28)16-7-2-1-3-8-16/h1-12,19,25-26H,13-14H2,(H,23,24). The predicted octanol–water partition coefficient (Wildman–Crippen LogP) is 3.65. The lowest BCUT2D eigenvalue weighted by Crippen LogP contribution is -2.25. The predicted molar refractivity (Wildman–Crippen MR) is 114 cm³/mol. The van der Waals surface area contributed by atoms with Crippen LogP contribution in [0.15, 0.2) is 82.8 Å². The lowest BCUT2D eigenvalue weighted by molar-refractivity contribution is 0.0949. The fraction of sp³-hybridized carbons (Fsp3) is 0.143. The summed E-state index contributed by atoms with van der Waals surface area (Å²) in [7, 11) is -7.27. The number of nitrogens with one attached hydrogen (secondary N) is 1. The Labute approximate surface area is 176 Å². The average Bonchev–Trinajstić information content (AvgIpc) is 3.05. The molecule has 0 saturated carbocycles. The average molecular weight is 445 g/mol. The summed E-state index contributed by atoms with van der Waals surface area (Å²) >= 11 is 0. The lowest BCUT2D eigenvalue weighted by atomic mass is 10.0. The minimum atomic E-state index is -3.94. The number of hydrogen-bond donors (Lipinski definition) is 3. The molecule has 3 N–H and O–H groups in total. The van der Waals surface area contributed by atoms with Gasteiger partial charge in [-0.2, -0.15) is 10.6 Å². The summed E-state index contributed by atoms with van der Waals surface area (Å²) in [6.07, 6.45) is 3.24. The van der Waals surface area contributed by atoms with Crippen LogP contribution in [0.3, 0.4) is 0 Å². The van der Waals surface area contributed by atoms with Crippen LogP contribution in [-0.4, -0.2) is 34.2 Å². The number of sulfone groups is 1. The number of fused-ring (bicyclic) bond motifs is 1. The second kappa shape index (κ2) is 7.84. The summed E-state index contributed by atoms with van der Waals surface area (Å²) in [4.78, 5) is 17.1. The number of pyridine rings is 1. The van der Waals surface area contributed by atoms with E-state index in [4.69, 9.17) is 0 Å². The summed E-state index contributed by atoms with van der Waals surface area (Å²) in [5.74, 6) is -0.854. The molecule has 30 heavy (non-hydrogen) atoms. The minimum absolute atomic E-state index is 0.0728. The van der Waals surface area contributed by atoms with Gasteiger partial charge in [-0.1, -0.05) is 30.3 Å². The number of carbonyl (C=O) groups is 1. The van der Waals surface area contributed by atoms with Gasteiger partial charge in [-0.15, -0.1) is 0 Å². The number of rotatable bonds is 5. The molecule has 1 aliphatic rings. The number of amides is 1. The van der Waals surface area contributed by atoms with Crippen LogP contribution >= 0.6 is 10.6 Å². The van der Waals surface area contributed by atoms with Crippen LogP contribution in [0.5, 0.6) is 0 Å². The monoisotopic (exact) mass is 444 g/mol. The second-order valence-electron chi connectivity index (χ2n) is 6.94. The Morgan fingerprint density at radius 3 is 2.53 bits per heavy atom. The van der Waals surface area contributed by atoms with E-state index in [2.05, 4.69) is 10.3 Å². The normalized spacial score (nSPS) is 18.4. The molecule has 0 bridgehead atoms. The molecule has 1 amide bonds. The highest BCUT2D eigenvalue weighted by Crippen LogP contribution is 2.62. The Morgan fingerprint density at radius 1 is 1.07 bits per heavy atom. The first-order valence-corrected chi connectivity index (χ1v) is 12.4. The third-order valence-corrected chi connectivity index (χ3v) is 9.14. The van der Waals surface area contributed by atoms with E-state index in [-0.39, 0.29) is 33.2 Å². The van der Waals surface area contributed by atoms with Crippen LogP contribution in [0.4, 0.5) is 0 Å². The molecule has 1 atom stereocenters. The quantitative estimate of drug-likeness (QED) is 0.553. The maximum absolute atomic E-state index is 13.3. The summed E-state index contributed by atoms with van der Waals surface area (Å²) < 4.78 is 47.7. The van der Waals surface area contributed by atoms with Crippen LogP contribution in [-0.2, 0) is 16.4 Å². The van der Waals surface area contributed by atoms with Crippen molar-refractivity contribution < 1.29 is 22.3 Å². The van der Waals surface area contributed by atoms with E-state index >= 15 is 0 Å². The molecule has 7 nitrogen and oxygen atoms in total. The van der Waals surface area contributed by atoms with Gasteiger partial charge in [0.2, 0.25) is 0 Å². The molecule has 0 spiro atoms. The minimum Gasteiger partial charge on any atom is -0.348 e. The number of carbonyl (C=O) groups excluding carboxylic acids is 1. The van der Waals surface area contributed by atoms with E-state index < -0.39 is 31.6 Å². The van der Waals surface area contributed by atoms with Gasteiger partial charge in [-0.05, 0) is 35.9 Å². The van der Waals surface area contributed by atoms with E-state index in [0.717, 1.165) is 5.56 Å². The Kier molecular flexibility index (Phi) is 5.37. The Morgan fingerprint density at radius 2 is 1.83 bits per heavy atom. The van der Waals surface area contributed by atoms with Gasteiger partial charge in [0.15, 0.2) is 9.84 Å². The second-order valence-corrected chi connectivity index (χ2v) is 11.2. The Bertz CT molecular complexity index is 1180. The number of aromatic nitrogens is 1. The van der Waals surface area contributed by atoms with Gasteiger partial charge in [0.25, 0.3) is 5.91 Å². The van der Waals surface area contributed by atoms with Gasteiger partial charge >= 0.3 is 0 Å². The van der Waals surface area contributed by atoms with Crippen molar-refractivity contribution in [2.45, 2.75) is 21.6 Å². The van der Waals surface area contributed by atoms with Gasteiger partial charge in [-0.3, -0.25) is 18.9 Å². The molecule has 1 unspecified atom stereocenters. The SMILES string of the molecule is O=C(NCc1cccnc1)c1cccc2c1C(S(=O)(=O)c1ccccc1)CS2(O)O. The molecule has 0 radical (unpaired) electrons. The molecule has 156 valence electrons. The fourth-order valence-electron chi connectivity index (χ4n) is 3.54. The molecule has 9 heteroatoms. The fourth-order valence-corrected chi connectivity index (χ4v) is 8.00. The molecular weight excluding hydrogens is 424 g/mol. The van der Waals surface area contributed by atoms with E-state index in [9.17, 15) is 22.3 Å². The Hall–Kier alpha value is -2.72. The topological polar surface area (TPSA) is 117 Å². The molecule has 0 aliphatic carbocycles. The number of benzene rings is 2. The maximum atomic E-state index is 13.3. The van der Waals surface area contributed by atoms with Crippen molar-refractivity contribution in [2.24, 2.45) is 0 Å². The van der Waals surface area contributed by atoms with E-state index in [0.29, 0.717) is 0 Å². The zero-order chi connectivity index (χ0) is 21.4. The molecule has 3 aromatic rings. The van der Waals surface area contributed by atoms with Gasteiger partial charge < -0.3 is 5.32 Å². The molecule has 1 aliphatic heterocycles. The highest BCUT2D eigenvalue weighted by atomic mass is 32.3. The molecule has 0 fully saturated rings. The molecule has 2 aromatic carbocycles. The highest BCUT2D eigenvalue weighted by Gasteiger charge is 2.45. The third-order valence-electron chi connectivity index (χ3n) is 4.99. The third kappa shape index (κ3) is 3.72. The van der Waals surface area contributed by atoms with E-state index in [1.807, 2.05) is 6.07 Å². The van der Waals surface area contributed by atoms with Crippen LogP contribution in [0.1, 0.15) is 26.7 Å². The van der Waals surface area contributed by atoms with Crippen molar-refractivity contribution in [1.29, 1.82) is 0 Å². The van der Waals surface area contributed by atoms with E-state index in [1.165, 1.54) is 30.3 Å². The van der Waals surface area contributed by atoms with Gasteiger partial charge in [0.1, 0.15) is 5.25 Å². The summed E-state index contributed by atoms with van der Waals surface area (Å²) in [5, 5.41) is 1.53. The first kappa shape index (κ1) is 20.5. The molecule has 0 saturated heterocycles. The lowest BCUT2D eigenvalue weighted by Gasteiger charge is -2.27. The summed E-state index contributed by atoms with van der Waals surface area (Å²) in [6, 6.07) is 15.9. The van der Waals surface area contributed by atoms with Crippen LogP contribution in [0.25, 0.3) is 0 Å². The van der Waals surface area contributed by atoms with Gasteiger partial charge in [-0.25, -0.2) is 8.42 Å². The smallest absolute Gasteiger partial charge is 0.251 e. The molecule has 1 aromatic heterocycles. The first-order chi connectivity index (χ1) is 14.3. The first-order valence-electron chi connectivity index (χ1n) is 9.15. The van der Waals surface area contributed by atoms with Crippen LogP contribution < -0.4 is 5.32 Å². The highest BCUT2D eigenvalue weighted by molar-refractivity contribution is 8.25. The van der Waals surface area contributed by atoms with Crippen molar-refractivity contribution in [3.8, 4) is 0 Å². The summed E-state index contributed by atoms with van der Waals surface area (Å²) in [5.41, 5.74) is 1.07. The zero-order valence-corrected chi connectivity index (χ0v) is 17.4. The molecule has 2 heterocycles. The molecular formula is C21H20N2O5S2. The van der Waals surface area contributed by atoms with Crippen molar-refractivity contribution in [3.05, 3.63) is 89.7 Å². The summed E-state index contributed by atoms with van der Waals surface area (Å²) in [6.45, 7) is 0.211. The van der Waals surface area contributed by atoms with Crippen molar-refractivity contribution in [3.63, 3.8) is 0 Å². The van der Waals surface area contributed by atoms with Crippen LogP contribution in [0.2, 0.25) is 0 Å². The Balaban J connectivity index is 1.74. The maximum Gasteiger partial charge on any atom is 0.251 e. The largest absolute Gasteiger partial charge is 0.348 e. The van der Waals surface area contributed by atoms with Crippen molar-refractivity contribution in [2.75, 3.05) is 5.75 Å². The van der Waals surface area contributed by atoms with Crippen LogP contribution in [0, 0.1) is 0 Å². The van der Waals surface area contributed by atoms with Gasteiger partial charge in [0, 0.05) is 30.1 Å². The van der Waals surface area contributed by atoms with Crippen molar-refractivity contribution >= 4 is 26.3 Å². The van der Waals surface area contributed by atoms with E-state index in [1.54, 1.807) is 36.7 Å². The number of hydrogen-bond acceptors (Lipinski definition) is 6. The number of nitrogens with zero attached hydrogens (tertiary/aromatic N) is 1. The van der Waals surface area contributed by atoms with Crippen molar-refractivity contribution in [1.82, 2.24) is 10.3 Å². The van der Waals surface area contributed by atoms with Gasteiger partial charge in [0.05, 0.1) is 15.5 Å². The zero-order valence-electron chi connectivity index (χ0n) is 15.8. The molecule has 4 rings (SSSR count).